The van der Waals surface area contributed by atoms with E-state index in [4.69, 9.17) is 21.6 Å². The van der Waals surface area contributed by atoms with Gasteiger partial charge in [-0.3, -0.25) is 4.79 Å². The third-order valence-electron chi connectivity index (χ3n) is 2.07. The number of aryl methyl sites for hydroxylation is 1. The maximum Gasteiger partial charge on any atom is 0.172 e. The number of carbonyl (C=O) groups excluding carboxylic acids is 1. The number of hydrogen-bond acceptors (Lipinski definition) is 3. The summed E-state index contributed by atoms with van der Waals surface area (Å²) in [4.78, 5) is 11.0. The minimum atomic E-state index is -0.216. The van der Waals surface area contributed by atoms with Crippen molar-refractivity contribution in [1.29, 1.82) is 5.26 Å². The Morgan fingerprint density at radius 1 is 1.56 bits per heavy atom. The number of nitrogens with zero attached hydrogens (tertiary/aromatic N) is 1. The Bertz CT molecular complexity index is 424. The molecule has 0 spiro atoms. The van der Waals surface area contributed by atoms with Crippen molar-refractivity contribution in [3.05, 3.63) is 34.3 Å². The maximum atomic E-state index is 11.0. The third-order valence-corrected chi connectivity index (χ3v) is 2.61. The van der Waals surface area contributed by atoms with Crippen LogP contribution in [0.4, 0.5) is 0 Å². The van der Waals surface area contributed by atoms with E-state index in [0.29, 0.717) is 5.02 Å². The van der Waals surface area contributed by atoms with Crippen LogP contribution in [0.25, 0.3) is 0 Å². The van der Waals surface area contributed by atoms with E-state index < -0.39 is 0 Å². The summed E-state index contributed by atoms with van der Waals surface area (Å²) >= 11 is 6.05. The second kappa shape index (κ2) is 6.26. The van der Waals surface area contributed by atoms with Gasteiger partial charge in [0, 0.05) is 5.02 Å². The molecule has 0 saturated carbocycles. The van der Waals surface area contributed by atoms with Gasteiger partial charge in [-0.2, -0.15) is 5.26 Å². The lowest BCUT2D eigenvalue weighted by atomic mass is 10.1. The van der Waals surface area contributed by atoms with Gasteiger partial charge in [-0.1, -0.05) is 29.8 Å². The van der Waals surface area contributed by atoms with E-state index in [9.17, 15) is 4.79 Å². The van der Waals surface area contributed by atoms with Crippen LogP contribution < -0.4 is 0 Å². The van der Waals surface area contributed by atoms with Crippen molar-refractivity contribution in [1.82, 2.24) is 0 Å². The lowest BCUT2D eigenvalue weighted by Gasteiger charge is -2.06. The third kappa shape index (κ3) is 3.65. The Balaban J connectivity index is 2.47. The minimum absolute atomic E-state index is 0.0438. The summed E-state index contributed by atoms with van der Waals surface area (Å²) in [6.45, 7) is 2.15. The number of carbonyl (C=O) groups is 1. The average Bonchev–Trinajstić information content (AvgIpc) is 2.25. The molecule has 0 amide bonds. The zero-order valence-corrected chi connectivity index (χ0v) is 9.75. The van der Waals surface area contributed by atoms with E-state index in [1.165, 1.54) is 0 Å². The molecule has 1 rings (SSSR count). The van der Waals surface area contributed by atoms with Crippen LogP contribution in [0.15, 0.2) is 18.2 Å². The predicted octanol–water partition coefficient (Wildman–Crippen LogP) is 2.65. The van der Waals surface area contributed by atoms with E-state index in [1.54, 1.807) is 6.07 Å². The van der Waals surface area contributed by atoms with E-state index in [0.717, 1.165) is 11.1 Å². The Kier molecular flexibility index (Phi) is 4.97. The maximum absolute atomic E-state index is 11.0. The summed E-state index contributed by atoms with van der Waals surface area (Å²) in [7, 11) is 0. The van der Waals surface area contributed by atoms with Crippen LogP contribution >= 0.6 is 11.6 Å². The second-order valence-corrected chi connectivity index (χ2v) is 3.79. The number of hydrogen-bond donors (Lipinski definition) is 0. The van der Waals surface area contributed by atoms with E-state index in [1.807, 2.05) is 25.1 Å². The van der Waals surface area contributed by atoms with Gasteiger partial charge in [0.15, 0.2) is 5.78 Å². The standard InChI is InChI=1S/C12H12ClNO2/c1-9-3-2-4-10(12(9)13)7-16-8-11(15)5-6-14/h2-4H,5,7-8H2,1H3. The van der Waals surface area contributed by atoms with Crippen LogP contribution in [0.1, 0.15) is 17.5 Å². The molecule has 1 aromatic rings. The molecule has 16 heavy (non-hydrogen) atoms. The molecule has 0 saturated heterocycles. The molecule has 0 aromatic heterocycles. The van der Waals surface area contributed by atoms with Gasteiger partial charge in [-0.05, 0) is 18.1 Å². The smallest absolute Gasteiger partial charge is 0.172 e. The fraction of sp³-hybridized carbons (Fsp3) is 0.333. The highest BCUT2D eigenvalue weighted by atomic mass is 35.5. The highest BCUT2D eigenvalue weighted by Crippen LogP contribution is 2.20. The molecule has 3 nitrogen and oxygen atoms in total. The number of halogens is 1. The van der Waals surface area contributed by atoms with Crippen LogP contribution in [-0.4, -0.2) is 12.4 Å². The van der Waals surface area contributed by atoms with Crippen molar-refractivity contribution >= 4 is 17.4 Å². The van der Waals surface area contributed by atoms with E-state index in [2.05, 4.69) is 0 Å². The average molecular weight is 238 g/mol. The van der Waals surface area contributed by atoms with Gasteiger partial charge < -0.3 is 4.74 Å². The molecule has 4 heteroatoms. The Morgan fingerprint density at radius 2 is 2.31 bits per heavy atom. The Hall–Kier alpha value is -1.37. The summed E-state index contributed by atoms with van der Waals surface area (Å²) in [5, 5.41) is 8.95. The molecule has 84 valence electrons. The molecule has 0 aliphatic carbocycles. The first-order valence-corrected chi connectivity index (χ1v) is 5.23. The van der Waals surface area contributed by atoms with Gasteiger partial charge in [0.05, 0.1) is 19.1 Å². The van der Waals surface area contributed by atoms with Gasteiger partial charge in [-0.15, -0.1) is 0 Å². The van der Waals surface area contributed by atoms with E-state index in [-0.39, 0.29) is 25.4 Å². The van der Waals surface area contributed by atoms with Gasteiger partial charge in [0.25, 0.3) is 0 Å². The lowest BCUT2D eigenvalue weighted by Crippen LogP contribution is -2.07. The first-order valence-electron chi connectivity index (χ1n) is 4.85. The molecular weight excluding hydrogens is 226 g/mol. The van der Waals surface area contributed by atoms with Crippen molar-refractivity contribution in [2.24, 2.45) is 0 Å². The van der Waals surface area contributed by atoms with Gasteiger partial charge in [-0.25, -0.2) is 0 Å². The fourth-order valence-electron chi connectivity index (χ4n) is 1.23. The topological polar surface area (TPSA) is 50.1 Å². The van der Waals surface area contributed by atoms with Crippen LogP contribution in [0.5, 0.6) is 0 Å². The highest BCUT2D eigenvalue weighted by Gasteiger charge is 2.05. The zero-order valence-electron chi connectivity index (χ0n) is 9.00. The molecule has 0 heterocycles. The van der Waals surface area contributed by atoms with Crippen LogP contribution in [0.2, 0.25) is 5.02 Å². The molecule has 0 bridgehead atoms. The number of rotatable bonds is 5. The number of ketones is 1. The molecule has 0 atom stereocenters. The van der Waals surface area contributed by atoms with Gasteiger partial charge in [0.2, 0.25) is 0 Å². The van der Waals surface area contributed by atoms with E-state index >= 15 is 0 Å². The zero-order chi connectivity index (χ0) is 12.0. The van der Waals surface area contributed by atoms with Gasteiger partial charge >= 0.3 is 0 Å². The number of ether oxygens (including phenoxy) is 1. The second-order valence-electron chi connectivity index (χ2n) is 3.41. The first kappa shape index (κ1) is 12.7. The Labute approximate surface area is 99.6 Å². The predicted molar refractivity (Wildman–Crippen MR) is 61.1 cm³/mol. The molecule has 0 fully saturated rings. The van der Waals surface area contributed by atoms with Crippen LogP contribution in [0, 0.1) is 18.3 Å². The molecule has 0 aliphatic rings. The fourth-order valence-corrected chi connectivity index (χ4v) is 1.41. The summed E-state index contributed by atoms with van der Waals surface area (Å²) in [5.74, 6) is -0.216. The molecule has 0 unspecified atom stereocenters. The molecule has 0 radical (unpaired) electrons. The number of benzene rings is 1. The van der Waals surface area contributed by atoms with Crippen molar-refractivity contribution in [3.8, 4) is 6.07 Å². The monoisotopic (exact) mass is 237 g/mol. The molecular formula is C12H12ClNO2. The first-order chi connectivity index (χ1) is 7.65. The summed E-state index contributed by atoms with van der Waals surface area (Å²) in [5.41, 5.74) is 1.83. The summed E-state index contributed by atoms with van der Waals surface area (Å²) in [6.07, 6.45) is -0.110. The van der Waals surface area contributed by atoms with Gasteiger partial charge in [0.1, 0.15) is 6.61 Å². The number of Topliss-reactive ketones (excluding diaryl/α,β-unsaturated/α-hetero) is 1. The normalized spacial score (nSPS) is 9.81. The summed E-state index contributed by atoms with van der Waals surface area (Å²) in [6, 6.07) is 7.43. The lowest BCUT2D eigenvalue weighted by molar-refractivity contribution is -0.123. The SMILES string of the molecule is Cc1cccc(COCC(=O)CC#N)c1Cl. The van der Waals surface area contributed by atoms with Crippen molar-refractivity contribution < 1.29 is 9.53 Å². The molecule has 1 aromatic carbocycles. The van der Waals surface area contributed by atoms with Crippen molar-refractivity contribution in [2.45, 2.75) is 20.0 Å². The minimum Gasteiger partial charge on any atom is -0.369 e. The molecule has 0 N–H and O–H groups in total. The quantitative estimate of drug-likeness (QED) is 0.791. The van der Waals surface area contributed by atoms with Crippen LogP contribution in [-0.2, 0) is 16.1 Å². The number of nitriles is 1. The largest absolute Gasteiger partial charge is 0.369 e. The Morgan fingerprint density at radius 3 is 3.00 bits per heavy atom. The molecule has 0 aliphatic heterocycles. The van der Waals surface area contributed by atoms with Crippen LogP contribution in [0.3, 0.4) is 0 Å². The van der Waals surface area contributed by atoms with Crippen molar-refractivity contribution in [3.63, 3.8) is 0 Å². The highest BCUT2D eigenvalue weighted by molar-refractivity contribution is 6.32. The summed E-state index contributed by atoms with van der Waals surface area (Å²) < 4.78 is 5.18. The van der Waals surface area contributed by atoms with Crippen molar-refractivity contribution in [2.75, 3.05) is 6.61 Å².